The lowest BCUT2D eigenvalue weighted by Crippen LogP contribution is -2.50. The summed E-state index contributed by atoms with van der Waals surface area (Å²) in [4.78, 5) is 25.7. The molecule has 2 aromatic rings. The fraction of sp³-hybridized carbons (Fsp3) is 0.444. The second-order valence-corrected chi connectivity index (χ2v) is 6.10. The van der Waals surface area contributed by atoms with Crippen LogP contribution in [0.2, 0.25) is 0 Å². The fourth-order valence-electron chi connectivity index (χ4n) is 2.25. The van der Waals surface area contributed by atoms with Crippen molar-refractivity contribution in [1.29, 1.82) is 0 Å². The predicted octanol–water partition coefficient (Wildman–Crippen LogP) is 2.88. The average Bonchev–Trinajstić information content (AvgIpc) is 2.96. The lowest BCUT2D eigenvalue weighted by Gasteiger charge is -2.21. The topological polar surface area (TPSA) is 74.6 Å². The fourth-order valence-corrected chi connectivity index (χ4v) is 2.25. The first-order valence-electron chi connectivity index (χ1n) is 8.20. The zero-order valence-corrected chi connectivity index (χ0v) is 14.6. The van der Waals surface area contributed by atoms with Crippen LogP contribution in [0, 0.1) is 0 Å². The van der Waals surface area contributed by atoms with Crippen molar-refractivity contribution in [3.8, 4) is 0 Å². The molecule has 1 heterocycles. The van der Waals surface area contributed by atoms with Crippen LogP contribution in [0.15, 0.2) is 34.7 Å². The Bertz CT molecular complexity index is 677. The van der Waals surface area contributed by atoms with E-state index in [1.807, 2.05) is 44.2 Å². The zero-order chi connectivity index (χ0) is 17.7. The second-order valence-electron chi connectivity index (χ2n) is 6.10. The maximum Gasteiger partial charge on any atom is 0.318 e. The molecule has 0 saturated heterocycles. The predicted molar refractivity (Wildman–Crippen MR) is 93.6 cm³/mol. The molecule has 24 heavy (non-hydrogen) atoms. The van der Waals surface area contributed by atoms with Crippen molar-refractivity contribution >= 4 is 22.9 Å². The Morgan fingerprint density at radius 3 is 2.58 bits per heavy atom. The summed E-state index contributed by atoms with van der Waals surface area (Å²) in [7, 11) is 1.67. The van der Waals surface area contributed by atoms with Crippen molar-refractivity contribution in [1.82, 2.24) is 15.5 Å². The second kappa shape index (κ2) is 7.86. The third-order valence-corrected chi connectivity index (χ3v) is 3.95. The molecular weight excluding hydrogens is 306 g/mol. The van der Waals surface area contributed by atoms with E-state index in [0.29, 0.717) is 12.3 Å². The van der Waals surface area contributed by atoms with Crippen molar-refractivity contribution in [3.63, 3.8) is 0 Å². The third-order valence-electron chi connectivity index (χ3n) is 3.95. The summed E-state index contributed by atoms with van der Waals surface area (Å²) in [6.07, 6.45) is 0.846. The molecule has 130 valence electrons. The van der Waals surface area contributed by atoms with Crippen LogP contribution in [0.4, 0.5) is 4.79 Å². The Morgan fingerprint density at radius 2 is 1.92 bits per heavy atom. The molecule has 0 aliphatic carbocycles. The molecule has 6 heteroatoms. The first-order valence-corrected chi connectivity index (χ1v) is 8.20. The van der Waals surface area contributed by atoms with Crippen LogP contribution in [-0.4, -0.2) is 36.0 Å². The van der Waals surface area contributed by atoms with Gasteiger partial charge in [0.1, 0.15) is 17.4 Å². The summed E-state index contributed by atoms with van der Waals surface area (Å²) < 4.78 is 5.71. The monoisotopic (exact) mass is 331 g/mol. The number of rotatable bonds is 6. The SMILES string of the molecule is CC[C@H](C)NC(=O)[C@H](C)NC(=O)N(C)Cc1cc2ccccc2o1. The van der Waals surface area contributed by atoms with E-state index >= 15 is 0 Å². The van der Waals surface area contributed by atoms with Gasteiger partial charge >= 0.3 is 6.03 Å². The third kappa shape index (κ3) is 4.50. The number of fused-ring (bicyclic) bond motifs is 1. The minimum Gasteiger partial charge on any atom is -0.459 e. The number of nitrogens with zero attached hydrogens (tertiary/aromatic N) is 1. The molecule has 0 fully saturated rings. The van der Waals surface area contributed by atoms with Gasteiger partial charge in [-0.15, -0.1) is 0 Å². The van der Waals surface area contributed by atoms with Gasteiger partial charge in [-0.2, -0.15) is 0 Å². The van der Waals surface area contributed by atoms with Gasteiger partial charge in [-0.25, -0.2) is 4.79 Å². The Labute approximate surface area is 142 Å². The van der Waals surface area contributed by atoms with E-state index in [2.05, 4.69) is 10.6 Å². The maximum absolute atomic E-state index is 12.2. The van der Waals surface area contributed by atoms with Crippen molar-refractivity contribution in [2.75, 3.05) is 7.05 Å². The molecule has 2 N–H and O–H groups in total. The molecule has 0 aliphatic rings. The Balaban J connectivity index is 1.90. The molecular formula is C18H25N3O3. The molecule has 6 nitrogen and oxygen atoms in total. The summed E-state index contributed by atoms with van der Waals surface area (Å²) in [5.74, 6) is 0.514. The van der Waals surface area contributed by atoms with Crippen LogP contribution in [0.25, 0.3) is 11.0 Å². The number of urea groups is 1. The highest BCUT2D eigenvalue weighted by atomic mass is 16.3. The molecule has 0 radical (unpaired) electrons. The van der Waals surface area contributed by atoms with E-state index in [4.69, 9.17) is 4.42 Å². The molecule has 0 unspecified atom stereocenters. The molecule has 1 aromatic heterocycles. The summed E-state index contributed by atoms with van der Waals surface area (Å²) in [6.45, 7) is 5.93. The molecule has 1 aromatic carbocycles. The largest absolute Gasteiger partial charge is 0.459 e. The van der Waals surface area contributed by atoms with Gasteiger partial charge in [0.15, 0.2) is 0 Å². The van der Waals surface area contributed by atoms with Crippen LogP contribution in [-0.2, 0) is 11.3 Å². The van der Waals surface area contributed by atoms with Gasteiger partial charge in [0, 0.05) is 18.5 Å². The molecule has 2 rings (SSSR count). The lowest BCUT2D eigenvalue weighted by atomic mass is 10.2. The van der Waals surface area contributed by atoms with Crippen LogP contribution in [0.5, 0.6) is 0 Å². The zero-order valence-electron chi connectivity index (χ0n) is 14.6. The quantitative estimate of drug-likeness (QED) is 0.855. The van der Waals surface area contributed by atoms with Crippen molar-refractivity contribution in [2.45, 2.75) is 45.8 Å². The highest BCUT2D eigenvalue weighted by Crippen LogP contribution is 2.19. The van der Waals surface area contributed by atoms with E-state index in [1.165, 1.54) is 4.90 Å². The maximum atomic E-state index is 12.2. The highest BCUT2D eigenvalue weighted by molar-refractivity contribution is 5.86. The van der Waals surface area contributed by atoms with E-state index in [1.54, 1.807) is 14.0 Å². The Kier molecular flexibility index (Phi) is 5.84. The summed E-state index contributed by atoms with van der Waals surface area (Å²) in [6, 6.07) is 8.79. The van der Waals surface area contributed by atoms with Crippen LogP contribution < -0.4 is 10.6 Å². The Morgan fingerprint density at radius 1 is 1.21 bits per heavy atom. The number of carbonyl (C=O) groups excluding carboxylic acids is 2. The Hall–Kier alpha value is -2.50. The summed E-state index contributed by atoms with van der Waals surface area (Å²) in [5, 5.41) is 6.55. The average molecular weight is 331 g/mol. The number of hydrogen-bond acceptors (Lipinski definition) is 3. The van der Waals surface area contributed by atoms with E-state index < -0.39 is 6.04 Å². The van der Waals surface area contributed by atoms with Crippen molar-refractivity contribution in [2.24, 2.45) is 0 Å². The molecule has 0 bridgehead atoms. The molecule has 0 aliphatic heterocycles. The van der Waals surface area contributed by atoms with Crippen molar-refractivity contribution in [3.05, 3.63) is 36.1 Å². The molecule has 3 amide bonds. The molecule has 0 saturated carbocycles. The number of benzene rings is 1. The van der Waals surface area contributed by atoms with E-state index in [0.717, 1.165) is 17.4 Å². The first-order chi connectivity index (χ1) is 11.4. The van der Waals surface area contributed by atoms with Gasteiger partial charge in [0.05, 0.1) is 6.54 Å². The van der Waals surface area contributed by atoms with Crippen molar-refractivity contribution < 1.29 is 14.0 Å². The van der Waals surface area contributed by atoms with E-state index in [-0.39, 0.29) is 18.0 Å². The van der Waals surface area contributed by atoms with Gasteiger partial charge in [-0.05, 0) is 32.4 Å². The van der Waals surface area contributed by atoms with Crippen LogP contribution in [0.1, 0.15) is 33.0 Å². The minimum atomic E-state index is -0.593. The number of hydrogen-bond donors (Lipinski definition) is 2. The van der Waals surface area contributed by atoms with Crippen LogP contribution in [0.3, 0.4) is 0 Å². The standard InChI is InChI=1S/C18H25N3O3/c1-5-12(2)19-17(22)13(3)20-18(23)21(4)11-15-10-14-8-6-7-9-16(14)24-15/h6-10,12-13H,5,11H2,1-4H3,(H,19,22)(H,20,23)/t12-,13-/m0/s1. The van der Waals surface area contributed by atoms with Crippen LogP contribution >= 0.6 is 0 Å². The number of amides is 3. The van der Waals surface area contributed by atoms with Gasteiger partial charge in [0.25, 0.3) is 0 Å². The van der Waals surface area contributed by atoms with Gasteiger partial charge in [0.2, 0.25) is 5.91 Å². The van der Waals surface area contributed by atoms with Gasteiger partial charge in [-0.3, -0.25) is 4.79 Å². The summed E-state index contributed by atoms with van der Waals surface area (Å²) in [5.41, 5.74) is 0.794. The number of para-hydroxylation sites is 1. The normalized spacial score (nSPS) is 13.3. The highest BCUT2D eigenvalue weighted by Gasteiger charge is 2.19. The summed E-state index contributed by atoms with van der Waals surface area (Å²) >= 11 is 0. The number of carbonyl (C=O) groups is 2. The number of furan rings is 1. The first kappa shape index (κ1) is 17.8. The van der Waals surface area contributed by atoms with Gasteiger partial charge < -0.3 is 20.0 Å². The lowest BCUT2D eigenvalue weighted by molar-refractivity contribution is -0.123. The smallest absolute Gasteiger partial charge is 0.318 e. The molecule has 0 spiro atoms. The van der Waals surface area contributed by atoms with E-state index in [9.17, 15) is 9.59 Å². The molecule has 2 atom stereocenters. The van der Waals surface area contributed by atoms with Gasteiger partial charge in [-0.1, -0.05) is 25.1 Å². The number of nitrogens with one attached hydrogen (secondary N) is 2. The minimum absolute atomic E-state index is 0.0881.